The topological polar surface area (TPSA) is 104 Å². The minimum Gasteiger partial charge on any atom is -0.508 e. The highest BCUT2D eigenvalue weighted by Gasteiger charge is 2.41. The van der Waals surface area contributed by atoms with Crippen molar-refractivity contribution < 1.29 is 19.8 Å². The second-order valence-corrected chi connectivity index (χ2v) is 10.1. The fourth-order valence-corrected chi connectivity index (χ4v) is 6.25. The number of allylic oxidation sites excluding steroid dienone is 2. The second-order valence-electron chi connectivity index (χ2n) is 9.17. The van der Waals surface area contributed by atoms with Crippen LogP contribution in [-0.4, -0.2) is 31.7 Å². The second kappa shape index (κ2) is 8.49. The molecule has 1 aliphatic carbocycles. The highest BCUT2D eigenvalue weighted by molar-refractivity contribution is 7.10. The van der Waals surface area contributed by atoms with Crippen LogP contribution in [-0.2, 0) is 4.79 Å². The van der Waals surface area contributed by atoms with Crippen LogP contribution in [0.2, 0.25) is 0 Å². The first-order valence-electron chi connectivity index (χ1n) is 11.7. The van der Waals surface area contributed by atoms with E-state index in [1.54, 1.807) is 52.4 Å². The van der Waals surface area contributed by atoms with E-state index in [1.807, 2.05) is 30.5 Å². The number of ketones is 1. The summed E-state index contributed by atoms with van der Waals surface area (Å²) in [6.07, 6.45) is 1.10. The number of hydrogen-bond donors (Lipinski definition) is 3. The number of carboxylic acids is 1. The molecule has 2 aromatic carbocycles. The van der Waals surface area contributed by atoms with Gasteiger partial charge in [-0.15, -0.1) is 11.3 Å². The highest BCUT2D eigenvalue weighted by atomic mass is 32.1. The molecule has 7 nitrogen and oxygen atoms in total. The predicted octanol–water partition coefficient (Wildman–Crippen LogP) is 5.60. The molecule has 180 valence electrons. The van der Waals surface area contributed by atoms with E-state index in [1.165, 1.54) is 4.88 Å². The molecular weight excluding hydrogens is 474 g/mol. The molecule has 0 fully saturated rings. The first kappa shape index (κ1) is 22.3. The Morgan fingerprint density at radius 1 is 1.08 bits per heavy atom. The number of phenolic OH excluding ortho intramolecular Hbond substituents is 1. The zero-order valence-electron chi connectivity index (χ0n) is 19.4. The molecule has 6 rings (SSSR count). The lowest BCUT2D eigenvalue weighted by atomic mass is 9.73. The molecule has 0 spiro atoms. The number of aromatic hydroxyl groups is 1. The third kappa shape index (κ3) is 3.53. The van der Waals surface area contributed by atoms with Crippen molar-refractivity contribution in [3.05, 3.63) is 105 Å². The quantitative estimate of drug-likeness (QED) is 0.339. The summed E-state index contributed by atoms with van der Waals surface area (Å²) in [6.45, 7) is 1.88. The number of fused-ring (bicyclic) bond motifs is 1. The zero-order valence-corrected chi connectivity index (χ0v) is 20.2. The molecule has 0 saturated carbocycles. The van der Waals surface area contributed by atoms with E-state index in [0.717, 1.165) is 22.4 Å². The number of para-hydroxylation sites is 1. The number of thiophene rings is 1. The summed E-state index contributed by atoms with van der Waals surface area (Å²) in [5.41, 5.74) is 4.56. The number of carboxylic acid groups (broad SMARTS) is 1. The number of carbonyl (C=O) groups excluding carboxylic acids is 1. The molecule has 3 heterocycles. The summed E-state index contributed by atoms with van der Waals surface area (Å²) in [7, 11) is 0. The maximum Gasteiger partial charge on any atom is 0.337 e. The maximum atomic E-state index is 13.7. The zero-order chi connectivity index (χ0) is 25.0. The van der Waals surface area contributed by atoms with Gasteiger partial charge < -0.3 is 15.5 Å². The van der Waals surface area contributed by atoms with Crippen LogP contribution in [0.15, 0.2) is 77.3 Å². The van der Waals surface area contributed by atoms with Gasteiger partial charge in [0.1, 0.15) is 11.6 Å². The highest BCUT2D eigenvalue weighted by Crippen LogP contribution is 2.50. The monoisotopic (exact) mass is 497 g/mol. The Labute approximate surface area is 211 Å². The van der Waals surface area contributed by atoms with Crippen molar-refractivity contribution in [2.24, 2.45) is 0 Å². The van der Waals surface area contributed by atoms with E-state index in [2.05, 4.69) is 11.4 Å². The lowest BCUT2D eigenvalue weighted by molar-refractivity contribution is -0.116. The van der Waals surface area contributed by atoms with Crippen molar-refractivity contribution in [1.82, 2.24) is 9.78 Å². The number of aromatic nitrogens is 2. The van der Waals surface area contributed by atoms with Crippen LogP contribution in [0.25, 0.3) is 5.69 Å². The van der Waals surface area contributed by atoms with Crippen molar-refractivity contribution in [1.29, 1.82) is 0 Å². The number of phenols is 1. The number of aryl methyl sites for hydroxylation is 1. The Morgan fingerprint density at radius 3 is 2.58 bits per heavy atom. The smallest absolute Gasteiger partial charge is 0.337 e. The third-order valence-electron chi connectivity index (χ3n) is 7.00. The number of rotatable bonds is 4. The number of Topliss-reactive ketones (excluding diaryl/α,β-unsaturated/α-hetero) is 1. The molecule has 0 bridgehead atoms. The van der Waals surface area contributed by atoms with Crippen molar-refractivity contribution >= 4 is 28.9 Å². The molecule has 4 aromatic rings. The van der Waals surface area contributed by atoms with E-state index < -0.39 is 5.97 Å². The molecule has 8 heteroatoms. The SMILES string of the molecule is Cc1nn(-c2ccccc2C(=O)O)c2c1[C@H](c1ccc(O)cc1)C1=C(C[C@H](c3cccs3)CC1=O)N2. The first-order chi connectivity index (χ1) is 17.4. The molecule has 0 saturated heterocycles. The fraction of sp³-hybridized carbons (Fsp3) is 0.179. The molecule has 2 atom stereocenters. The van der Waals surface area contributed by atoms with Crippen molar-refractivity contribution in [2.75, 3.05) is 5.32 Å². The van der Waals surface area contributed by atoms with Crippen molar-refractivity contribution in [2.45, 2.75) is 31.6 Å². The van der Waals surface area contributed by atoms with E-state index in [4.69, 9.17) is 5.10 Å². The van der Waals surface area contributed by atoms with Gasteiger partial charge in [0.25, 0.3) is 0 Å². The Morgan fingerprint density at radius 2 is 1.86 bits per heavy atom. The summed E-state index contributed by atoms with van der Waals surface area (Å²) in [5.74, 6) is -0.433. The van der Waals surface area contributed by atoms with Crippen molar-refractivity contribution in [3.63, 3.8) is 0 Å². The van der Waals surface area contributed by atoms with Gasteiger partial charge >= 0.3 is 5.97 Å². The number of hydrogen-bond acceptors (Lipinski definition) is 6. The summed E-state index contributed by atoms with van der Waals surface area (Å²) >= 11 is 1.65. The summed E-state index contributed by atoms with van der Waals surface area (Å²) in [6, 6.07) is 17.7. The summed E-state index contributed by atoms with van der Waals surface area (Å²) in [4.78, 5) is 26.8. The summed E-state index contributed by atoms with van der Waals surface area (Å²) in [5, 5.41) is 30.0. The number of benzene rings is 2. The largest absolute Gasteiger partial charge is 0.508 e. The number of nitrogens with zero attached hydrogens (tertiary/aromatic N) is 2. The molecule has 0 amide bonds. The Kier molecular flexibility index (Phi) is 5.26. The molecule has 2 aromatic heterocycles. The van der Waals surface area contributed by atoms with E-state index >= 15 is 0 Å². The van der Waals surface area contributed by atoms with Crippen LogP contribution in [0.3, 0.4) is 0 Å². The molecule has 0 radical (unpaired) electrons. The molecule has 36 heavy (non-hydrogen) atoms. The van der Waals surface area contributed by atoms with Crippen LogP contribution in [0.1, 0.15) is 56.7 Å². The number of nitrogens with one attached hydrogen (secondary N) is 1. The first-order valence-corrected chi connectivity index (χ1v) is 12.6. The Balaban J connectivity index is 1.56. The van der Waals surface area contributed by atoms with Crippen LogP contribution in [0, 0.1) is 6.92 Å². The van der Waals surface area contributed by atoms with Gasteiger partial charge in [0.2, 0.25) is 0 Å². The van der Waals surface area contributed by atoms with Crippen molar-refractivity contribution in [3.8, 4) is 11.4 Å². The molecule has 3 N–H and O–H groups in total. The molecular formula is C28H23N3O4S. The minimum atomic E-state index is -1.04. The summed E-state index contributed by atoms with van der Waals surface area (Å²) < 4.78 is 1.64. The number of anilines is 1. The van der Waals surface area contributed by atoms with Crippen LogP contribution in [0.4, 0.5) is 5.82 Å². The lowest BCUT2D eigenvalue weighted by Crippen LogP contribution is -2.30. The van der Waals surface area contributed by atoms with E-state index in [9.17, 15) is 19.8 Å². The number of carbonyl (C=O) groups is 2. The molecule has 2 aliphatic rings. The van der Waals surface area contributed by atoms with E-state index in [0.29, 0.717) is 30.0 Å². The van der Waals surface area contributed by atoms with Gasteiger partial charge in [-0.2, -0.15) is 5.10 Å². The average molecular weight is 498 g/mol. The molecule has 0 unspecified atom stereocenters. The van der Waals surface area contributed by atoms with Gasteiger partial charge in [-0.25, -0.2) is 9.48 Å². The van der Waals surface area contributed by atoms with Gasteiger partial charge in [-0.3, -0.25) is 4.79 Å². The predicted molar refractivity (Wildman–Crippen MR) is 137 cm³/mol. The average Bonchev–Trinajstić information content (AvgIpc) is 3.52. The van der Waals surface area contributed by atoms with Gasteiger partial charge in [0.05, 0.1) is 16.9 Å². The van der Waals surface area contributed by atoms with Gasteiger partial charge in [-0.05, 0) is 54.6 Å². The Bertz CT molecular complexity index is 1530. The third-order valence-corrected chi connectivity index (χ3v) is 8.03. The van der Waals surface area contributed by atoms with Gasteiger partial charge in [0.15, 0.2) is 5.78 Å². The van der Waals surface area contributed by atoms with Crippen LogP contribution in [0.5, 0.6) is 5.75 Å². The minimum absolute atomic E-state index is 0.0783. The number of aromatic carboxylic acids is 1. The normalized spacial score (nSPS) is 19.0. The van der Waals surface area contributed by atoms with Crippen LogP contribution >= 0.6 is 11.3 Å². The van der Waals surface area contributed by atoms with E-state index in [-0.39, 0.29) is 28.9 Å². The van der Waals surface area contributed by atoms with Crippen LogP contribution < -0.4 is 5.32 Å². The lowest BCUT2D eigenvalue weighted by Gasteiger charge is -2.35. The molecule has 1 aliphatic heterocycles. The Hall–Kier alpha value is -4.17. The van der Waals surface area contributed by atoms with Gasteiger partial charge in [0, 0.05) is 40.0 Å². The maximum absolute atomic E-state index is 13.7. The fourth-order valence-electron chi connectivity index (χ4n) is 5.41. The van der Waals surface area contributed by atoms with Gasteiger partial charge in [-0.1, -0.05) is 30.3 Å². The standard InChI is InChI=1S/C28H23N3O4S/c1-15-24-25(16-8-10-18(32)11-9-16)26-20(13-17(14-22(26)33)23-7-4-12-36-23)29-27(24)31(30-15)21-6-3-2-5-19(21)28(34)35/h2-12,17,25,29,32H,13-14H2,1H3,(H,34,35)/t17-,25-/m0/s1.